The maximum Gasteiger partial charge on any atom is 0.278 e. The van der Waals surface area contributed by atoms with Crippen LogP contribution in [0.1, 0.15) is 12.5 Å². The molecule has 0 saturated carbocycles. The number of fused-ring (bicyclic) bond motifs is 4. The summed E-state index contributed by atoms with van der Waals surface area (Å²) < 4.78 is 11.6. The van der Waals surface area contributed by atoms with Crippen molar-refractivity contribution < 1.29 is 18.8 Å². The SMILES string of the molecule is C[C@@H](C(=O)NCc1ccc2c(c1)OCO2)[N+]12CCN(CC1)CC2. The van der Waals surface area contributed by atoms with E-state index in [0.29, 0.717) is 6.54 Å². The molecule has 2 bridgehead atoms. The number of nitrogens with zero attached hydrogens (tertiary/aromatic N) is 2. The predicted molar refractivity (Wildman–Crippen MR) is 85.2 cm³/mol. The van der Waals surface area contributed by atoms with Gasteiger partial charge in [0.05, 0.1) is 19.6 Å². The fourth-order valence-corrected chi connectivity index (χ4v) is 3.91. The Kier molecular flexibility index (Phi) is 3.66. The van der Waals surface area contributed by atoms with Crippen LogP contribution in [0.15, 0.2) is 18.2 Å². The lowest BCUT2D eigenvalue weighted by molar-refractivity contribution is -0.953. The average Bonchev–Trinajstić information content (AvgIpc) is 3.08. The number of carbonyl (C=O) groups is 1. The van der Waals surface area contributed by atoms with E-state index in [0.717, 1.165) is 60.8 Å². The third-order valence-electron chi connectivity index (χ3n) is 5.69. The average molecular weight is 318 g/mol. The summed E-state index contributed by atoms with van der Waals surface area (Å²) >= 11 is 0. The summed E-state index contributed by atoms with van der Waals surface area (Å²) in [6, 6.07) is 5.84. The second-order valence-corrected chi connectivity index (χ2v) is 6.81. The van der Waals surface area contributed by atoms with E-state index in [9.17, 15) is 4.79 Å². The van der Waals surface area contributed by atoms with Crippen LogP contribution < -0.4 is 14.8 Å². The second kappa shape index (κ2) is 5.69. The van der Waals surface area contributed by atoms with E-state index >= 15 is 0 Å². The molecule has 6 nitrogen and oxygen atoms in total. The molecule has 1 amide bonds. The van der Waals surface area contributed by atoms with E-state index in [2.05, 4.69) is 17.1 Å². The summed E-state index contributed by atoms with van der Waals surface area (Å²) in [7, 11) is 0. The summed E-state index contributed by atoms with van der Waals surface area (Å²) in [5.74, 6) is 1.69. The Morgan fingerprint density at radius 3 is 2.65 bits per heavy atom. The standard InChI is InChI=1S/C17H23N3O3/c1-13(20-7-4-19(5-8-20)6-9-20)17(21)18-11-14-2-3-15-16(10-14)23-12-22-15/h2-3,10,13H,4-9,11-12H2,1H3/p+1/t13-/m0/s1. The van der Waals surface area contributed by atoms with Crippen LogP contribution in [-0.4, -0.2) is 67.4 Å². The Morgan fingerprint density at radius 1 is 1.22 bits per heavy atom. The van der Waals surface area contributed by atoms with Crippen molar-refractivity contribution >= 4 is 5.91 Å². The monoisotopic (exact) mass is 318 g/mol. The van der Waals surface area contributed by atoms with Gasteiger partial charge in [0.1, 0.15) is 0 Å². The molecule has 0 radical (unpaired) electrons. The number of hydrogen-bond acceptors (Lipinski definition) is 4. The number of ether oxygens (including phenoxy) is 2. The lowest BCUT2D eigenvalue weighted by Gasteiger charge is -2.52. The molecule has 0 unspecified atom stereocenters. The van der Waals surface area contributed by atoms with E-state index in [1.165, 1.54) is 0 Å². The number of nitrogens with one attached hydrogen (secondary N) is 1. The first kappa shape index (κ1) is 14.8. The van der Waals surface area contributed by atoms with Gasteiger partial charge < -0.3 is 19.3 Å². The molecule has 3 fully saturated rings. The maximum absolute atomic E-state index is 12.6. The third kappa shape index (κ3) is 2.66. The zero-order chi connectivity index (χ0) is 15.9. The van der Waals surface area contributed by atoms with E-state index in [1.54, 1.807) is 0 Å². The van der Waals surface area contributed by atoms with Crippen LogP contribution in [0.25, 0.3) is 0 Å². The van der Waals surface area contributed by atoms with Crippen molar-refractivity contribution in [1.82, 2.24) is 10.2 Å². The summed E-state index contributed by atoms with van der Waals surface area (Å²) in [5.41, 5.74) is 1.04. The molecule has 1 atom stereocenters. The second-order valence-electron chi connectivity index (χ2n) is 6.81. The molecule has 1 aromatic rings. The molecular formula is C17H24N3O3+. The highest BCUT2D eigenvalue weighted by molar-refractivity contribution is 5.80. The molecule has 1 N–H and O–H groups in total. The van der Waals surface area contributed by atoms with Crippen molar-refractivity contribution in [3.05, 3.63) is 23.8 Å². The smallest absolute Gasteiger partial charge is 0.278 e. The first-order valence-corrected chi connectivity index (χ1v) is 8.41. The fourth-order valence-electron chi connectivity index (χ4n) is 3.91. The quantitative estimate of drug-likeness (QED) is 0.825. The molecule has 5 rings (SSSR count). The third-order valence-corrected chi connectivity index (χ3v) is 5.69. The number of amides is 1. The molecular weight excluding hydrogens is 294 g/mol. The fraction of sp³-hybridized carbons (Fsp3) is 0.588. The van der Waals surface area contributed by atoms with E-state index in [-0.39, 0.29) is 18.7 Å². The molecule has 0 aromatic heterocycles. The highest BCUT2D eigenvalue weighted by atomic mass is 16.7. The molecule has 0 aliphatic carbocycles. The van der Waals surface area contributed by atoms with Crippen LogP contribution in [-0.2, 0) is 11.3 Å². The molecule has 124 valence electrons. The van der Waals surface area contributed by atoms with Crippen molar-refractivity contribution in [1.29, 1.82) is 0 Å². The van der Waals surface area contributed by atoms with Crippen LogP contribution in [0, 0.1) is 0 Å². The van der Waals surface area contributed by atoms with E-state index < -0.39 is 0 Å². The molecule has 4 aliphatic rings. The molecule has 6 heteroatoms. The summed E-state index contributed by atoms with van der Waals surface area (Å²) in [6.07, 6.45) is 0. The van der Waals surface area contributed by atoms with Gasteiger partial charge in [0.15, 0.2) is 17.5 Å². The van der Waals surface area contributed by atoms with Crippen molar-refractivity contribution in [3.63, 3.8) is 0 Å². The van der Waals surface area contributed by atoms with Crippen molar-refractivity contribution in [3.8, 4) is 11.5 Å². The minimum absolute atomic E-state index is 0.0199. The highest BCUT2D eigenvalue weighted by Gasteiger charge is 2.44. The Hall–Kier alpha value is -1.79. The van der Waals surface area contributed by atoms with Crippen LogP contribution in [0.3, 0.4) is 0 Å². The van der Waals surface area contributed by atoms with Crippen molar-refractivity contribution in [2.24, 2.45) is 0 Å². The van der Waals surface area contributed by atoms with Gasteiger partial charge in [-0.1, -0.05) is 6.07 Å². The van der Waals surface area contributed by atoms with Gasteiger partial charge in [0.2, 0.25) is 6.79 Å². The first-order chi connectivity index (χ1) is 11.2. The Labute approximate surface area is 136 Å². The van der Waals surface area contributed by atoms with Gasteiger partial charge in [-0.25, -0.2) is 0 Å². The minimum atomic E-state index is 0.0199. The number of benzene rings is 1. The molecule has 0 spiro atoms. The van der Waals surface area contributed by atoms with Crippen LogP contribution in [0.5, 0.6) is 11.5 Å². The molecule has 1 aromatic carbocycles. The number of piperazine rings is 3. The topological polar surface area (TPSA) is 50.8 Å². The highest BCUT2D eigenvalue weighted by Crippen LogP contribution is 2.32. The lowest BCUT2D eigenvalue weighted by atomic mass is 10.1. The molecule has 23 heavy (non-hydrogen) atoms. The normalized spacial score (nSPS) is 29.3. The van der Waals surface area contributed by atoms with Crippen molar-refractivity contribution in [2.75, 3.05) is 46.1 Å². The number of rotatable bonds is 4. The van der Waals surface area contributed by atoms with Gasteiger partial charge in [-0.2, -0.15) is 0 Å². The summed E-state index contributed by atoms with van der Waals surface area (Å²) in [5, 5.41) is 3.10. The molecule has 4 aliphatic heterocycles. The van der Waals surface area contributed by atoms with Crippen molar-refractivity contribution in [2.45, 2.75) is 19.5 Å². The van der Waals surface area contributed by atoms with Crippen LogP contribution in [0.2, 0.25) is 0 Å². The Balaban J connectivity index is 1.38. The maximum atomic E-state index is 12.6. The molecule has 3 saturated heterocycles. The largest absolute Gasteiger partial charge is 0.454 e. The van der Waals surface area contributed by atoms with Gasteiger partial charge in [-0.15, -0.1) is 0 Å². The van der Waals surface area contributed by atoms with Crippen LogP contribution >= 0.6 is 0 Å². The summed E-state index contributed by atoms with van der Waals surface area (Å²) in [4.78, 5) is 15.1. The van der Waals surface area contributed by atoms with Gasteiger partial charge in [0, 0.05) is 26.2 Å². The zero-order valence-corrected chi connectivity index (χ0v) is 13.6. The van der Waals surface area contributed by atoms with Gasteiger partial charge in [-0.3, -0.25) is 9.69 Å². The zero-order valence-electron chi connectivity index (χ0n) is 13.6. The van der Waals surface area contributed by atoms with E-state index in [1.807, 2.05) is 18.2 Å². The minimum Gasteiger partial charge on any atom is -0.454 e. The predicted octanol–water partition coefficient (Wildman–Crippen LogP) is 0.566. The Bertz CT molecular complexity index is 597. The lowest BCUT2D eigenvalue weighted by Crippen LogP contribution is -2.72. The van der Waals surface area contributed by atoms with Gasteiger partial charge in [0.25, 0.3) is 5.91 Å². The molecule has 4 heterocycles. The number of carbonyl (C=O) groups excluding carboxylic acids is 1. The number of hydrogen-bond donors (Lipinski definition) is 1. The summed E-state index contributed by atoms with van der Waals surface area (Å²) in [6.45, 7) is 9.55. The number of quaternary nitrogens is 1. The Morgan fingerprint density at radius 2 is 1.91 bits per heavy atom. The van der Waals surface area contributed by atoms with E-state index in [4.69, 9.17) is 9.47 Å². The van der Waals surface area contributed by atoms with Gasteiger partial charge >= 0.3 is 0 Å². The van der Waals surface area contributed by atoms with Crippen LogP contribution in [0.4, 0.5) is 0 Å². The first-order valence-electron chi connectivity index (χ1n) is 8.41. The van der Waals surface area contributed by atoms with Gasteiger partial charge in [-0.05, 0) is 24.6 Å².